The van der Waals surface area contributed by atoms with Gasteiger partial charge in [0.25, 0.3) is 0 Å². The number of ether oxygens (including phenoxy) is 2. The van der Waals surface area contributed by atoms with Gasteiger partial charge >= 0.3 is 0 Å². The van der Waals surface area contributed by atoms with Gasteiger partial charge in [0.1, 0.15) is 5.75 Å². The van der Waals surface area contributed by atoms with Crippen molar-refractivity contribution < 1.29 is 14.6 Å². The first-order valence-electron chi connectivity index (χ1n) is 7.11. The Hall–Kier alpha value is -1.06. The van der Waals surface area contributed by atoms with Crippen LogP contribution in [0.25, 0.3) is 0 Å². The lowest BCUT2D eigenvalue weighted by molar-refractivity contribution is 0.0149. The summed E-state index contributed by atoms with van der Waals surface area (Å²) in [5.74, 6) is 0.851. The Kier molecular flexibility index (Phi) is 4.83. The van der Waals surface area contributed by atoms with Crippen molar-refractivity contribution >= 4 is 0 Å². The van der Waals surface area contributed by atoms with Crippen LogP contribution in [0.4, 0.5) is 0 Å². The molecule has 1 heterocycles. The van der Waals surface area contributed by atoms with E-state index >= 15 is 0 Å². The van der Waals surface area contributed by atoms with E-state index in [4.69, 9.17) is 9.47 Å². The second kappa shape index (κ2) is 6.40. The highest BCUT2D eigenvalue weighted by atomic mass is 16.5. The zero-order valence-electron chi connectivity index (χ0n) is 11.9. The third-order valence-electron chi connectivity index (χ3n) is 3.41. The van der Waals surface area contributed by atoms with Crippen LogP contribution in [-0.2, 0) is 4.74 Å². The molecule has 0 saturated carbocycles. The predicted molar refractivity (Wildman–Crippen MR) is 75.4 cm³/mol. The Morgan fingerprint density at radius 2 is 2.00 bits per heavy atom. The molecular formula is C16H24O3. The van der Waals surface area contributed by atoms with Gasteiger partial charge in [-0.2, -0.15) is 0 Å². The molecular weight excluding hydrogens is 240 g/mol. The molecule has 3 heteroatoms. The van der Waals surface area contributed by atoms with Crippen LogP contribution in [0.5, 0.6) is 5.75 Å². The zero-order valence-corrected chi connectivity index (χ0v) is 11.9. The normalized spacial score (nSPS) is 20.3. The molecule has 1 aliphatic rings. The minimum atomic E-state index is -0.671. The van der Waals surface area contributed by atoms with Gasteiger partial charge in [-0.15, -0.1) is 0 Å². The van der Waals surface area contributed by atoms with Crippen LogP contribution in [0.1, 0.15) is 51.2 Å². The molecule has 1 saturated heterocycles. The Morgan fingerprint density at radius 1 is 1.26 bits per heavy atom. The Balaban J connectivity index is 1.84. The summed E-state index contributed by atoms with van der Waals surface area (Å²) in [6.45, 7) is 4.98. The molecule has 1 aliphatic heterocycles. The topological polar surface area (TPSA) is 38.7 Å². The number of benzene rings is 1. The Bertz CT molecular complexity index is 372. The smallest absolute Gasteiger partial charge is 0.119 e. The average Bonchev–Trinajstić information content (AvgIpc) is 2.39. The van der Waals surface area contributed by atoms with Gasteiger partial charge in [-0.25, -0.2) is 0 Å². The lowest BCUT2D eigenvalue weighted by Crippen LogP contribution is -2.21. The van der Waals surface area contributed by atoms with Crippen molar-refractivity contribution in [3.63, 3.8) is 0 Å². The molecule has 0 aromatic heterocycles. The SMILES string of the molecule is CC(C)(O)CCOc1ccc(C2CCCCO2)cc1. The Morgan fingerprint density at radius 3 is 2.58 bits per heavy atom. The standard InChI is InChI=1S/C16H24O3/c1-16(2,17)10-12-18-14-8-6-13(7-9-14)15-5-3-4-11-19-15/h6-9,15,17H,3-5,10-12H2,1-2H3. The third kappa shape index (κ3) is 4.84. The van der Waals surface area contributed by atoms with E-state index < -0.39 is 5.60 Å². The van der Waals surface area contributed by atoms with Crippen LogP contribution >= 0.6 is 0 Å². The molecule has 1 unspecified atom stereocenters. The maximum atomic E-state index is 9.61. The molecule has 1 atom stereocenters. The molecule has 1 N–H and O–H groups in total. The van der Waals surface area contributed by atoms with E-state index in [0.29, 0.717) is 13.0 Å². The highest BCUT2D eigenvalue weighted by molar-refractivity contribution is 5.28. The van der Waals surface area contributed by atoms with Crippen molar-refractivity contribution in [3.05, 3.63) is 29.8 Å². The lowest BCUT2D eigenvalue weighted by atomic mass is 10.0. The minimum Gasteiger partial charge on any atom is -0.493 e. The predicted octanol–water partition coefficient (Wildman–Crippen LogP) is 3.47. The number of hydrogen-bond donors (Lipinski definition) is 1. The van der Waals surface area contributed by atoms with Crippen molar-refractivity contribution in [2.45, 2.75) is 51.2 Å². The van der Waals surface area contributed by atoms with Crippen LogP contribution < -0.4 is 4.74 Å². The molecule has 1 fully saturated rings. The lowest BCUT2D eigenvalue weighted by Gasteiger charge is -2.23. The molecule has 0 aliphatic carbocycles. The second-order valence-electron chi connectivity index (χ2n) is 5.84. The molecule has 0 radical (unpaired) electrons. The van der Waals surface area contributed by atoms with Gasteiger partial charge in [-0.05, 0) is 50.8 Å². The van der Waals surface area contributed by atoms with Crippen molar-refractivity contribution in [1.29, 1.82) is 0 Å². The fourth-order valence-electron chi connectivity index (χ4n) is 2.20. The first kappa shape index (κ1) is 14.4. The summed E-state index contributed by atoms with van der Waals surface area (Å²) in [6, 6.07) is 8.13. The summed E-state index contributed by atoms with van der Waals surface area (Å²) in [5.41, 5.74) is 0.560. The first-order valence-corrected chi connectivity index (χ1v) is 7.11. The largest absolute Gasteiger partial charge is 0.493 e. The molecule has 0 bridgehead atoms. The fourth-order valence-corrected chi connectivity index (χ4v) is 2.20. The van der Waals surface area contributed by atoms with Crippen LogP contribution in [0.15, 0.2) is 24.3 Å². The summed E-state index contributed by atoms with van der Waals surface area (Å²) < 4.78 is 11.4. The summed E-state index contributed by atoms with van der Waals surface area (Å²) >= 11 is 0. The summed E-state index contributed by atoms with van der Waals surface area (Å²) in [7, 11) is 0. The van der Waals surface area contributed by atoms with E-state index in [-0.39, 0.29) is 6.10 Å². The van der Waals surface area contributed by atoms with Crippen LogP contribution in [0.2, 0.25) is 0 Å². The monoisotopic (exact) mass is 264 g/mol. The van der Waals surface area contributed by atoms with Crippen LogP contribution in [0, 0.1) is 0 Å². The molecule has 3 nitrogen and oxygen atoms in total. The summed E-state index contributed by atoms with van der Waals surface area (Å²) in [5, 5.41) is 9.61. The van der Waals surface area contributed by atoms with Gasteiger partial charge in [0.05, 0.1) is 18.3 Å². The molecule has 0 spiro atoms. The highest BCUT2D eigenvalue weighted by Crippen LogP contribution is 2.28. The van der Waals surface area contributed by atoms with Crippen molar-refractivity contribution in [1.82, 2.24) is 0 Å². The average molecular weight is 264 g/mol. The number of rotatable bonds is 5. The quantitative estimate of drug-likeness (QED) is 0.885. The molecule has 1 aromatic rings. The second-order valence-corrected chi connectivity index (χ2v) is 5.84. The van der Waals surface area contributed by atoms with Crippen molar-refractivity contribution in [2.75, 3.05) is 13.2 Å². The van der Waals surface area contributed by atoms with E-state index in [1.807, 2.05) is 12.1 Å². The highest BCUT2D eigenvalue weighted by Gasteiger charge is 2.16. The van der Waals surface area contributed by atoms with Crippen molar-refractivity contribution in [3.8, 4) is 5.75 Å². The maximum absolute atomic E-state index is 9.61. The van der Waals surface area contributed by atoms with Gasteiger partial charge < -0.3 is 14.6 Å². The molecule has 0 amide bonds. The Labute approximate surface area is 115 Å². The zero-order chi connectivity index (χ0) is 13.7. The van der Waals surface area contributed by atoms with Crippen LogP contribution in [-0.4, -0.2) is 23.9 Å². The van der Waals surface area contributed by atoms with E-state index in [1.165, 1.54) is 18.4 Å². The van der Waals surface area contributed by atoms with E-state index in [2.05, 4.69) is 12.1 Å². The van der Waals surface area contributed by atoms with E-state index in [0.717, 1.165) is 18.8 Å². The van der Waals surface area contributed by atoms with Gasteiger partial charge in [0.2, 0.25) is 0 Å². The van der Waals surface area contributed by atoms with Gasteiger partial charge in [0, 0.05) is 13.0 Å². The van der Waals surface area contributed by atoms with Crippen LogP contribution in [0.3, 0.4) is 0 Å². The van der Waals surface area contributed by atoms with E-state index in [9.17, 15) is 5.11 Å². The number of hydrogen-bond acceptors (Lipinski definition) is 3. The fraction of sp³-hybridized carbons (Fsp3) is 0.625. The minimum absolute atomic E-state index is 0.249. The molecule has 19 heavy (non-hydrogen) atoms. The van der Waals surface area contributed by atoms with Gasteiger partial charge in [0.15, 0.2) is 0 Å². The van der Waals surface area contributed by atoms with Crippen molar-refractivity contribution in [2.24, 2.45) is 0 Å². The van der Waals surface area contributed by atoms with Gasteiger partial charge in [-0.1, -0.05) is 12.1 Å². The maximum Gasteiger partial charge on any atom is 0.119 e. The number of aliphatic hydroxyl groups is 1. The van der Waals surface area contributed by atoms with E-state index in [1.54, 1.807) is 13.8 Å². The molecule has 106 valence electrons. The summed E-state index contributed by atoms with van der Waals surface area (Å²) in [6.07, 6.45) is 4.40. The molecule has 2 rings (SSSR count). The molecule has 1 aromatic carbocycles. The first-order chi connectivity index (χ1) is 9.04. The summed E-state index contributed by atoms with van der Waals surface area (Å²) in [4.78, 5) is 0. The third-order valence-corrected chi connectivity index (χ3v) is 3.41. The van der Waals surface area contributed by atoms with Gasteiger partial charge in [-0.3, -0.25) is 0 Å².